The van der Waals surface area contributed by atoms with Crippen LogP contribution in [-0.2, 0) is 21.8 Å². The molecule has 1 aromatic rings. The smallest absolute Gasteiger partial charge is 0.356 e. The third kappa shape index (κ3) is 3.94. The van der Waals surface area contributed by atoms with Crippen molar-refractivity contribution in [3.63, 3.8) is 0 Å². The molecule has 1 atom stereocenters. The SMILES string of the molecule is C=C[C@H](CO)NS(=O)(=O)c1cn(C)c(C(=O)OCC)c1Br. The lowest BCUT2D eigenvalue weighted by Crippen LogP contribution is -2.35. The van der Waals surface area contributed by atoms with Crippen molar-refractivity contribution >= 4 is 31.9 Å². The van der Waals surface area contributed by atoms with Crippen molar-refractivity contribution in [2.45, 2.75) is 17.9 Å². The summed E-state index contributed by atoms with van der Waals surface area (Å²) in [5.74, 6) is -0.629. The molecule has 9 heteroatoms. The molecule has 0 saturated heterocycles. The van der Waals surface area contributed by atoms with E-state index in [0.29, 0.717) is 0 Å². The number of ether oxygens (including phenoxy) is 1. The Hall–Kier alpha value is -1.16. The largest absolute Gasteiger partial charge is 0.461 e. The fourth-order valence-electron chi connectivity index (χ4n) is 1.61. The average Bonchev–Trinajstić information content (AvgIpc) is 2.72. The van der Waals surface area contributed by atoms with Crippen LogP contribution in [0.25, 0.3) is 0 Å². The predicted molar refractivity (Wildman–Crippen MR) is 80.5 cm³/mol. The molecule has 2 N–H and O–H groups in total. The lowest BCUT2D eigenvalue weighted by molar-refractivity contribution is 0.0514. The second-order valence-electron chi connectivity index (χ2n) is 4.13. The molecule has 0 aromatic carbocycles. The molecule has 1 heterocycles. The summed E-state index contributed by atoms with van der Waals surface area (Å²) in [6.07, 6.45) is 2.57. The summed E-state index contributed by atoms with van der Waals surface area (Å²) in [7, 11) is -2.39. The molecule has 0 aliphatic rings. The standard InChI is InChI=1S/C12H17BrN2O5S/c1-4-8(7-16)14-21(18,19)9-6-15(3)11(10(9)13)12(17)20-5-2/h4,6,8,14,16H,1,5,7H2,2-3H3/t8-/m1/s1. The molecule has 1 rings (SSSR count). The van der Waals surface area contributed by atoms with Crippen molar-refractivity contribution < 1.29 is 23.1 Å². The number of nitrogens with one attached hydrogen (secondary N) is 1. The van der Waals surface area contributed by atoms with Gasteiger partial charge in [-0.2, -0.15) is 0 Å². The Morgan fingerprint density at radius 2 is 2.29 bits per heavy atom. The van der Waals surface area contributed by atoms with Gasteiger partial charge in [0.2, 0.25) is 10.0 Å². The Kier molecular flexibility index (Phi) is 6.14. The Bertz CT molecular complexity index is 638. The van der Waals surface area contributed by atoms with Crippen molar-refractivity contribution in [2.24, 2.45) is 7.05 Å². The first-order chi connectivity index (χ1) is 9.78. The van der Waals surface area contributed by atoms with E-state index in [4.69, 9.17) is 9.84 Å². The lowest BCUT2D eigenvalue weighted by atomic mass is 10.3. The normalized spacial score (nSPS) is 13.0. The molecule has 118 valence electrons. The minimum atomic E-state index is -3.92. The number of aliphatic hydroxyl groups is 1. The Balaban J connectivity index is 3.23. The van der Waals surface area contributed by atoms with Gasteiger partial charge < -0.3 is 14.4 Å². The highest BCUT2D eigenvalue weighted by molar-refractivity contribution is 9.10. The van der Waals surface area contributed by atoms with Gasteiger partial charge in [-0.3, -0.25) is 0 Å². The highest BCUT2D eigenvalue weighted by atomic mass is 79.9. The molecule has 0 amide bonds. The van der Waals surface area contributed by atoms with E-state index in [-0.39, 0.29) is 21.7 Å². The van der Waals surface area contributed by atoms with Crippen LogP contribution in [0.3, 0.4) is 0 Å². The highest BCUT2D eigenvalue weighted by Gasteiger charge is 2.28. The van der Waals surface area contributed by atoms with E-state index in [2.05, 4.69) is 27.2 Å². The lowest BCUT2D eigenvalue weighted by Gasteiger charge is -2.11. The third-order valence-corrected chi connectivity index (χ3v) is 5.20. The van der Waals surface area contributed by atoms with Crippen LogP contribution in [0.2, 0.25) is 0 Å². The van der Waals surface area contributed by atoms with Crippen LogP contribution in [0, 0.1) is 0 Å². The number of nitrogens with zero attached hydrogens (tertiary/aromatic N) is 1. The van der Waals surface area contributed by atoms with Gasteiger partial charge in [-0.25, -0.2) is 17.9 Å². The van der Waals surface area contributed by atoms with E-state index in [1.165, 1.54) is 23.9 Å². The fraction of sp³-hybridized carbons (Fsp3) is 0.417. The van der Waals surface area contributed by atoms with Crippen molar-refractivity contribution in [1.82, 2.24) is 9.29 Å². The van der Waals surface area contributed by atoms with Crippen LogP contribution in [0.4, 0.5) is 0 Å². The van der Waals surface area contributed by atoms with Crippen molar-refractivity contribution in [3.05, 3.63) is 29.0 Å². The van der Waals surface area contributed by atoms with Gasteiger partial charge in [-0.05, 0) is 22.9 Å². The van der Waals surface area contributed by atoms with Gasteiger partial charge in [0, 0.05) is 13.2 Å². The topological polar surface area (TPSA) is 97.6 Å². The molecule has 0 spiro atoms. The fourth-order valence-corrected chi connectivity index (χ4v) is 4.12. The molecular weight excluding hydrogens is 364 g/mol. The van der Waals surface area contributed by atoms with Gasteiger partial charge >= 0.3 is 5.97 Å². The van der Waals surface area contributed by atoms with Crippen LogP contribution in [0.1, 0.15) is 17.4 Å². The van der Waals surface area contributed by atoms with Gasteiger partial charge in [0.05, 0.1) is 23.7 Å². The number of aromatic nitrogens is 1. The van der Waals surface area contributed by atoms with Crippen LogP contribution >= 0.6 is 15.9 Å². The van der Waals surface area contributed by atoms with Crippen LogP contribution in [0.15, 0.2) is 28.2 Å². The maximum absolute atomic E-state index is 12.3. The van der Waals surface area contributed by atoms with Gasteiger partial charge in [0.25, 0.3) is 0 Å². The minimum Gasteiger partial charge on any atom is -0.461 e. The second kappa shape index (κ2) is 7.21. The quantitative estimate of drug-likeness (QED) is 0.538. The molecule has 0 saturated carbocycles. The Morgan fingerprint density at radius 1 is 1.67 bits per heavy atom. The summed E-state index contributed by atoms with van der Waals surface area (Å²) >= 11 is 3.11. The highest BCUT2D eigenvalue weighted by Crippen LogP contribution is 2.28. The summed E-state index contributed by atoms with van der Waals surface area (Å²) < 4.78 is 33.1. The molecule has 0 bridgehead atoms. The van der Waals surface area contributed by atoms with E-state index < -0.39 is 28.6 Å². The number of hydrogen-bond donors (Lipinski definition) is 2. The molecule has 0 unspecified atom stereocenters. The minimum absolute atomic E-state index is 0.0939. The number of hydrogen-bond acceptors (Lipinski definition) is 5. The summed E-state index contributed by atoms with van der Waals surface area (Å²) in [4.78, 5) is 11.7. The van der Waals surface area contributed by atoms with Crippen LogP contribution in [0.5, 0.6) is 0 Å². The first kappa shape index (κ1) is 17.9. The monoisotopic (exact) mass is 380 g/mol. The number of esters is 1. The molecular formula is C12H17BrN2O5S. The van der Waals surface area contributed by atoms with E-state index in [1.807, 2.05) is 0 Å². The number of halogens is 1. The van der Waals surface area contributed by atoms with Gasteiger partial charge in [-0.1, -0.05) is 6.08 Å². The molecule has 7 nitrogen and oxygen atoms in total. The van der Waals surface area contributed by atoms with E-state index in [0.717, 1.165) is 0 Å². The van der Waals surface area contributed by atoms with Crippen molar-refractivity contribution in [3.8, 4) is 0 Å². The Labute approximate surface area is 131 Å². The number of carbonyl (C=O) groups is 1. The zero-order chi connectivity index (χ0) is 16.2. The van der Waals surface area contributed by atoms with E-state index in [1.54, 1.807) is 6.92 Å². The average molecular weight is 381 g/mol. The Morgan fingerprint density at radius 3 is 2.76 bits per heavy atom. The van der Waals surface area contributed by atoms with E-state index >= 15 is 0 Å². The maximum atomic E-state index is 12.3. The molecule has 0 fully saturated rings. The number of aryl methyl sites for hydroxylation is 1. The van der Waals surface area contributed by atoms with Crippen LogP contribution < -0.4 is 4.72 Å². The summed E-state index contributed by atoms with van der Waals surface area (Å²) in [5.41, 5.74) is 0.0939. The molecule has 0 aliphatic carbocycles. The zero-order valence-electron chi connectivity index (χ0n) is 11.7. The van der Waals surface area contributed by atoms with E-state index in [9.17, 15) is 13.2 Å². The zero-order valence-corrected chi connectivity index (χ0v) is 14.1. The number of sulfonamides is 1. The number of rotatable bonds is 7. The third-order valence-electron chi connectivity index (χ3n) is 2.63. The van der Waals surface area contributed by atoms with Gasteiger partial charge in [0.15, 0.2) is 0 Å². The summed E-state index contributed by atoms with van der Waals surface area (Å²) in [6.45, 7) is 4.85. The maximum Gasteiger partial charge on any atom is 0.356 e. The van der Waals surface area contributed by atoms with Crippen molar-refractivity contribution in [2.75, 3.05) is 13.2 Å². The number of carbonyl (C=O) groups excluding carboxylic acids is 1. The predicted octanol–water partition coefficient (Wildman–Crippen LogP) is 0.789. The van der Waals surface area contributed by atoms with Crippen LogP contribution in [-0.4, -0.2) is 43.3 Å². The molecule has 21 heavy (non-hydrogen) atoms. The van der Waals surface area contributed by atoms with Crippen molar-refractivity contribution in [1.29, 1.82) is 0 Å². The molecule has 1 aromatic heterocycles. The molecule has 0 aliphatic heterocycles. The summed E-state index contributed by atoms with van der Waals surface area (Å²) in [6, 6.07) is -0.812. The number of aliphatic hydroxyl groups excluding tert-OH is 1. The first-order valence-electron chi connectivity index (χ1n) is 6.06. The van der Waals surface area contributed by atoms with Gasteiger partial charge in [-0.15, -0.1) is 6.58 Å². The van der Waals surface area contributed by atoms with Gasteiger partial charge in [0.1, 0.15) is 10.6 Å². The first-order valence-corrected chi connectivity index (χ1v) is 8.33. The second-order valence-corrected chi connectivity index (χ2v) is 6.61. The summed E-state index contributed by atoms with van der Waals surface area (Å²) in [5, 5.41) is 9.03. The molecule has 0 radical (unpaired) electrons.